The summed E-state index contributed by atoms with van der Waals surface area (Å²) < 4.78 is 18.7. The molecule has 0 aliphatic heterocycles. The Morgan fingerprint density at radius 2 is 2.12 bits per heavy atom. The first-order chi connectivity index (χ1) is 12.6. The average Bonchev–Trinajstić information content (AvgIpc) is 3.01. The number of benzene rings is 2. The number of nitriles is 1. The summed E-state index contributed by atoms with van der Waals surface area (Å²) in [6.07, 6.45) is 0.509. The molecule has 0 bridgehead atoms. The molecular weight excluding hydrogens is 355 g/mol. The Kier molecular flexibility index (Phi) is 5.40. The summed E-state index contributed by atoms with van der Waals surface area (Å²) >= 11 is 6.00. The van der Waals surface area contributed by atoms with Crippen molar-refractivity contribution in [1.29, 1.82) is 5.26 Å². The molecule has 2 N–H and O–H groups in total. The van der Waals surface area contributed by atoms with Gasteiger partial charge in [-0.1, -0.05) is 29.8 Å². The molecular formula is C19H16ClFN4O. The molecule has 7 heteroatoms. The van der Waals surface area contributed by atoms with Gasteiger partial charge in [0.1, 0.15) is 11.6 Å². The van der Waals surface area contributed by atoms with Crippen LogP contribution in [0.3, 0.4) is 0 Å². The van der Waals surface area contributed by atoms with Crippen LogP contribution in [0.25, 0.3) is 0 Å². The Hall–Kier alpha value is -3.04. The highest BCUT2D eigenvalue weighted by atomic mass is 35.5. The van der Waals surface area contributed by atoms with Crippen molar-refractivity contribution in [3.63, 3.8) is 0 Å². The van der Waals surface area contributed by atoms with E-state index in [2.05, 4.69) is 21.6 Å². The number of rotatable bonds is 6. The predicted molar refractivity (Wildman–Crippen MR) is 97.8 cm³/mol. The Labute approximate surface area is 155 Å². The van der Waals surface area contributed by atoms with E-state index in [0.29, 0.717) is 40.6 Å². The molecule has 0 spiro atoms. The third-order valence-electron chi connectivity index (χ3n) is 3.90. The normalized spacial score (nSPS) is 10.4. The van der Waals surface area contributed by atoms with Gasteiger partial charge in [0.15, 0.2) is 17.4 Å². The Bertz CT molecular complexity index is 964. The van der Waals surface area contributed by atoms with Gasteiger partial charge in [0, 0.05) is 18.0 Å². The van der Waals surface area contributed by atoms with Crippen molar-refractivity contribution in [2.24, 2.45) is 0 Å². The number of methoxy groups -OCH3 is 1. The summed E-state index contributed by atoms with van der Waals surface area (Å²) in [4.78, 5) is 0. The molecule has 0 amide bonds. The van der Waals surface area contributed by atoms with E-state index in [-0.39, 0.29) is 5.75 Å². The summed E-state index contributed by atoms with van der Waals surface area (Å²) in [7, 11) is 1.42. The van der Waals surface area contributed by atoms with Gasteiger partial charge in [-0.15, -0.1) is 0 Å². The molecule has 1 heterocycles. The van der Waals surface area contributed by atoms with E-state index in [4.69, 9.17) is 16.3 Å². The fourth-order valence-corrected chi connectivity index (χ4v) is 2.82. The number of H-pyrrole nitrogens is 1. The third-order valence-corrected chi connectivity index (χ3v) is 4.13. The Morgan fingerprint density at radius 1 is 1.27 bits per heavy atom. The first-order valence-electron chi connectivity index (χ1n) is 7.88. The molecule has 0 aliphatic rings. The van der Waals surface area contributed by atoms with Crippen molar-refractivity contribution in [3.8, 4) is 11.8 Å². The number of aromatic amines is 1. The topological polar surface area (TPSA) is 73.7 Å². The molecule has 132 valence electrons. The van der Waals surface area contributed by atoms with E-state index >= 15 is 0 Å². The molecule has 0 aliphatic carbocycles. The second-order valence-corrected chi connectivity index (χ2v) is 6.10. The number of nitrogens with zero attached hydrogens (tertiary/aromatic N) is 2. The summed E-state index contributed by atoms with van der Waals surface area (Å²) in [6.45, 7) is 0.330. The first kappa shape index (κ1) is 17.8. The number of hydrogen-bond donors (Lipinski definition) is 2. The molecule has 5 nitrogen and oxygen atoms in total. The molecule has 2 aromatic carbocycles. The second-order valence-electron chi connectivity index (χ2n) is 5.67. The number of anilines is 1. The molecule has 3 aromatic rings. The summed E-state index contributed by atoms with van der Waals surface area (Å²) in [6, 6.07) is 14.3. The molecule has 0 unspecified atom stereocenters. The van der Waals surface area contributed by atoms with Crippen LogP contribution in [0, 0.1) is 17.1 Å². The lowest BCUT2D eigenvalue weighted by molar-refractivity contribution is 0.386. The van der Waals surface area contributed by atoms with E-state index in [9.17, 15) is 9.65 Å². The fourth-order valence-electron chi connectivity index (χ4n) is 2.61. The lowest BCUT2D eigenvalue weighted by Crippen LogP contribution is -2.02. The van der Waals surface area contributed by atoms with Gasteiger partial charge in [0.25, 0.3) is 0 Å². The highest BCUT2D eigenvalue weighted by Crippen LogP contribution is 2.22. The highest BCUT2D eigenvalue weighted by Gasteiger charge is 2.14. The van der Waals surface area contributed by atoms with Gasteiger partial charge in [-0.05, 0) is 35.4 Å². The third kappa shape index (κ3) is 3.95. The zero-order chi connectivity index (χ0) is 18.5. The SMILES string of the molecule is COc1ccc(CNc2n[nH]c(Cc3cccc(Cl)c3)c2C#N)cc1F. The monoisotopic (exact) mass is 370 g/mol. The number of halogens is 2. The zero-order valence-corrected chi connectivity index (χ0v) is 14.8. The van der Waals surface area contributed by atoms with Gasteiger partial charge in [0.05, 0.1) is 12.8 Å². The predicted octanol–water partition coefficient (Wildman–Crippen LogP) is 4.29. The smallest absolute Gasteiger partial charge is 0.166 e. The summed E-state index contributed by atoms with van der Waals surface area (Å²) in [5, 5.41) is 20.2. The van der Waals surface area contributed by atoms with Crippen molar-refractivity contribution in [1.82, 2.24) is 10.2 Å². The van der Waals surface area contributed by atoms with Crippen molar-refractivity contribution < 1.29 is 9.13 Å². The van der Waals surface area contributed by atoms with Crippen LogP contribution in [0.1, 0.15) is 22.4 Å². The van der Waals surface area contributed by atoms with Crippen molar-refractivity contribution in [3.05, 3.63) is 75.7 Å². The van der Waals surface area contributed by atoms with Crippen LogP contribution in [0.4, 0.5) is 10.2 Å². The highest BCUT2D eigenvalue weighted by molar-refractivity contribution is 6.30. The Balaban J connectivity index is 1.74. The quantitative estimate of drug-likeness (QED) is 0.679. The lowest BCUT2D eigenvalue weighted by atomic mass is 10.1. The van der Waals surface area contributed by atoms with Gasteiger partial charge < -0.3 is 10.1 Å². The fraction of sp³-hybridized carbons (Fsp3) is 0.158. The van der Waals surface area contributed by atoms with Crippen LogP contribution < -0.4 is 10.1 Å². The van der Waals surface area contributed by atoms with Gasteiger partial charge >= 0.3 is 0 Å². The zero-order valence-electron chi connectivity index (χ0n) is 14.0. The maximum absolute atomic E-state index is 13.8. The number of ether oxygens (including phenoxy) is 1. The number of nitrogens with one attached hydrogen (secondary N) is 2. The van der Waals surface area contributed by atoms with E-state index in [1.54, 1.807) is 18.2 Å². The van der Waals surface area contributed by atoms with Crippen LogP contribution in [-0.2, 0) is 13.0 Å². The minimum absolute atomic E-state index is 0.190. The average molecular weight is 371 g/mol. The molecule has 0 radical (unpaired) electrons. The molecule has 0 saturated carbocycles. The van der Waals surface area contributed by atoms with E-state index in [1.165, 1.54) is 13.2 Å². The minimum atomic E-state index is -0.434. The first-order valence-corrected chi connectivity index (χ1v) is 8.26. The number of hydrogen-bond acceptors (Lipinski definition) is 4. The summed E-state index contributed by atoms with van der Waals surface area (Å²) in [5.41, 5.74) is 2.81. The molecule has 3 rings (SSSR count). The molecule has 0 fully saturated rings. The van der Waals surface area contributed by atoms with Crippen molar-refractivity contribution in [2.75, 3.05) is 12.4 Å². The van der Waals surface area contributed by atoms with Gasteiger partial charge in [-0.3, -0.25) is 5.10 Å². The van der Waals surface area contributed by atoms with Crippen LogP contribution in [-0.4, -0.2) is 17.3 Å². The standard InChI is InChI=1S/C19H16ClFN4O/c1-26-18-6-5-13(8-16(18)21)11-23-19-15(10-22)17(24-25-19)9-12-3-2-4-14(20)7-12/h2-8H,9,11H2,1H3,(H2,23,24,25). The lowest BCUT2D eigenvalue weighted by Gasteiger charge is -2.06. The van der Waals surface area contributed by atoms with E-state index in [0.717, 1.165) is 5.56 Å². The molecule has 0 atom stereocenters. The Morgan fingerprint density at radius 3 is 2.81 bits per heavy atom. The van der Waals surface area contributed by atoms with Crippen LogP contribution in [0.2, 0.25) is 5.02 Å². The maximum Gasteiger partial charge on any atom is 0.166 e. The van der Waals surface area contributed by atoms with E-state index in [1.807, 2.05) is 18.2 Å². The maximum atomic E-state index is 13.8. The molecule has 1 aromatic heterocycles. The van der Waals surface area contributed by atoms with Crippen molar-refractivity contribution >= 4 is 17.4 Å². The van der Waals surface area contributed by atoms with Crippen LogP contribution >= 0.6 is 11.6 Å². The molecule has 26 heavy (non-hydrogen) atoms. The largest absolute Gasteiger partial charge is 0.494 e. The van der Waals surface area contributed by atoms with Crippen LogP contribution in [0.5, 0.6) is 5.75 Å². The number of aromatic nitrogens is 2. The van der Waals surface area contributed by atoms with Gasteiger partial charge in [-0.2, -0.15) is 10.4 Å². The summed E-state index contributed by atoms with van der Waals surface area (Å²) in [5.74, 6) is 0.187. The molecule has 0 saturated heterocycles. The van der Waals surface area contributed by atoms with Gasteiger partial charge in [-0.25, -0.2) is 4.39 Å². The second kappa shape index (κ2) is 7.89. The van der Waals surface area contributed by atoms with E-state index < -0.39 is 5.82 Å². The minimum Gasteiger partial charge on any atom is -0.494 e. The van der Waals surface area contributed by atoms with Crippen LogP contribution in [0.15, 0.2) is 42.5 Å². The van der Waals surface area contributed by atoms with Crippen molar-refractivity contribution in [2.45, 2.75) is 13.0 Å². The van der Waals surface area contributed by atoms with Gasteiger partial charge in [0.2, 0.25) is 0 Å².